The highest BCUT2D eigenvalue weighted by molar-refractivity contribution is 6.03. The minimum absolute atomic E-state index is 0.271. The van der Waals surface area contributed by atoms with Gasteiger partial charge < -0.3 is 10.6 Å². The van der Waals surface area contributed by atoms with E-state index in [1.54, 1.807) is 6.07 Å². The molecule has 0 atom stereocenters. The van der Waals surface area contributed by atoms with Gasteiger partial charge in [0.15, 0.2) is 0 Å². The van der Waals surface area contributed by atoms with Crippen LogP contribution in [0.2, 0.25) is 0 Å². The predicted octanol–water partition coefficient (Wildman–Crippen LogP) is 4.09. The summed E-state index contributed by atoms with van der Waals surface area (Å²) in [6.45, 7) is 4.08. The second-order valence-electron chi connectivity index (χ2n) is 5.61. The molecule has 0 spiro atoms. The van der Waals surface area contributed by atoms with Gasteiger partial charge in [0.2, 0.25) is 0 Å². The average Bonchev–Trinajstić information content (AvgIpc) is 2.55. The van der Waals surface area contributed by atoms with Crippen molar-refractivity contribution in [3.05, 3.63) is 77.7 Å². The standard InChI is InChI=1S/C19H18N4O/c1-13-8-14(2)10-16(9-13)22-18-11-17(20-12-21-18)19(24)23-15-6-4-3-5-7-15/h3-12H,1-2H3,(H,23,24)(H,20,21,22). The van der Waals surface area contributed by atoms with E-state index in [2.05, 4.69) is 26.7 Å². The largest absolute Gasteiger partial charge is 0.340 e. The van der Waals surface area contributed by atoms with E-state index in [0.717, 1.165) is 22.5 Å². The van der Waals surface area contributed by atoms with Gasteiger partial charge in [0.25, 0.3) is 5.91 Å². The van der Waals surface area contributed by atoms with Gasteiger partial charge in [0.05, 0.1) is 0 Å². The maximum atomic E-state index is 12.3. The zero-order chi connectivity index (χ0) is 16.9. The minimum atomic E-state index is -0.271. The Balaban J connectivity index is 1.77. The molecule has 2 N–H and O–H groups in total. The van der Waals surface area contributed by atoms with Crippen LogP contribution in [0.25, 0.3) is 0 Å². The predicted molar refractivity (Wildman–Crippen MR) is 95.6 cm³/mol. The van der Waals surface area contributed by atoms with Gasteiger partial charge >= 0.3 is 0 Å². The van der Waals surface area contributed by atoms with Crippen LogP contribution >= 0.6 is 0 Å². The topological polar surface area (TPSA) is 66.9 Å². The Kier molecular flexibility index (Phi) is 4.52. The molecule has 1 amide bonds. The minimum Gasteiger partial charge on any atom is -0.340 e. The van der Waals surface area contributed by atoms with Crippen LogP contribution in [0, 0.1) is 13.8 Å². The third-order valence-corrected chi connectivity index (χ3v) is 3.43. The Labute approximate surface area is 140 Å². The number of rotatable bonds is 4. The quantitative estimate of drug-likeness (QED) is 0.760. The second-order valence-corrected chi connectivity index (χ2v) is 5.61. The molecule has 0 saturated carbocycles. The van der Waals surface area contributed by atoms with Crippen molar-refractivity contribution in [2.24, 2.45) is 0 Å². The summed E-state index contributed by atoms with van der Waals surface area (Å²) in [7, 11) is 0. The van der Waals surface area contributed by atoms with E-state index in [9.17, 15) is 4.79 Å². The third kappa shape index (κ3) is 3.95. The molecule has 0 aliphatic heterocycles. The summed E-state index contributed by atoms with van der Waals surface area (Å²) in [5.41, 5.74) is 4.29. The molecule has 2 aromatic carbocycles. The number of para-hydroxylation sites is 1. The van der Waals surface area contributed by atoms with Crippen LogP contribution in [0.15, 0.2) is 60.9 Å². The first-order valence-corrected chi connectivity index (χ1v) is 7.64. The summed E-state index contributed by atoms with van der Waals surface area (Å²) in [6.07, 6.45) is 1.38. The van der Waals surface area contributed by atoms with Crippen molar-refractivity contribution in [3.8, 4) is 0 Å². The Morgan fingerprint density at radius 2 is 1.58 bits per heavy atom. The van der Waals surface area contributed by atoms with Crippen LogP contribution in [0.5, 0.6) is 0 Å². The number of benzene rings is 2. The highest BCUT2D eigenvalue weighted by atomic mass is 16.1. The van der Waals surface area contributed by atoms with E-state index in [4.69, 9.17) is 0 Å². The molecule has 120 valence electrons. The van der Waals surface area contributed by atoms with Crippen LogP contribution in [-0.4, -0.2) is 15.9 Å². The van der Waals surface area contributed by atoms with Crippen molar-refractivity contribution in [2.45, 2.75) is 13.8 Å². The van der Waals surface area contributed by atoms with Crippen LogP contribution in [0.3, 0.4) is 0 Å². The first-order chi connectivity index (χ1) is 11.6. The molecule has 0 aliphatic rings. The zero-order valence-electron chi connectivity index (χ0n) is 13.6. The van der Waals surface area contributed by atoms with Crippen molar-refractivity contribution >= 4 is 23.1 Å². The maximum absolute atomic E-state index is 12.3. The normalized spacial score (nSPS) is 10.2. The summed E-state index contributed by atoms with van der Waals surface area (Å²) < 4.78 is 0. The Morgan fingerprint density at radius 3 is 2.29 bits per heavy atom. The first kappa shape index (κ1) is 15.7. The van der Waals surface area contributed by atoms with Gasteiger partial charge in [0, 0.05) is 17.4 Å². The molecule has 0 radical (unpaired) electrons. The first-order valence-electron chi connectivity index (χ1n) is 7.64. The molecule has 5 heteroatoms. The van der Waals surface area contributed by atoms with Crippen LogP contribution in [-0.2, 0) is 0 Å². The van der Waals surface area contributed by atoms with Gasteiger partial charge in [-0.1, -0.05) is 24.3 Å². The summed E-state index contributed by atoms with van der Waals surface area (Å²) in [5, 5.41) is 6.02. The van der Waals surface area contributed by atoms with Gasteiger partial charge in [-0.15, -0.1) is 0 Å². The number of nitrogens with one attached hydrogen (secondary N) is 2. The lowest BCUT2D eigenvalue weighted by Gasteiger charge is -2.09. The van der Waals surface area contributed by atoms with Crippen molar-refractivity contribution in [1.82, 2.24) is 9.97 Å². The molecule has 1 aromatic heterocycles. The molecule has 3 aromatic rings. The van der Waals surface area contributed by atoms with Crippen molar-refractivity contribution in [1.29, 1.82) is 0 Å². The molecular formula is C19H18N4O. The Morgan fingerprint density at radius 1 is 0.875 bits per heavy atom. The fourth-order valence-electron chi connectivity index (χ4n) is 2.46. The fraction of sp³-hybridized carbons (Fsp3) is 0.105. The van der Waals surface area contributed by atoms with E-state index < -0.39 is 0 Å². The molecule has 0 aliphatic carbocycles. The number of aromatic nitrogens is 2. The molecule has 0 fully saturated rings. The van der Waals surface area contributed by atoms with E-state index in [-0.39, 0.29) is 5.91 Å². The molecule has 5 nitrogen and oxygen atoms in total. The lowest BCUT2D eigenvalue weighted by Crippen LogP contribution is -2.14. The monoisotopic (exact) mass is 318 g/mol. The van der Waals surface area contributed by atoms with E-state index in [1.807, 2.05) is 56.3 Å². The highest BCUT2D eigenvalue weighted by Crippen LogP contribution is 2.18. The van der Waals surface area contributed by atoms with Gasteiger partial charge in [-0.25, -0.2) is 9.97 Å². The number of hydrogen-bond acceptors (Lipinski definition) is 4. The number of nitrogens with zero attached hydrogens (tertiary/aromatic N) is 2. The number of amides is 1. The Hall–Kier alpha value is -3.21. The van der Waals surface area contributed by atoms with Gasteiger partial charge in [0.1, 0.15) is 17.8 Å². The van der Waals surface area contributed by atoms with E-state index in [0.29, 0.717) is 11.5 Å². The highest BCUT2D eigenvalue weighted by Gasteiger charge is 2.09. The molecule has 3 rings (SSSR count). The SMILES string of the molecule is Cc1cc(C)cc(Nc2cc(C(=O)Nc3ccccc3)ncn2)c1. The van der Waals surface area contributed by atoms with Crippen LogP contribution in [0.1, 0.15) is 21.6 Å². The Bertz CT molecular complexity index is 842. The van der Waals surface area contributed by atoms with Gasteiger partial charge in [-0.2, -0.15) is 0 Å². The molecule has 0 saturated heterocycles. The smallest absolute Gasteiger partial charge is 0.274 e. The molecule has 0 bridgehead atoms. The van der Waals surface area contributed by atoms with E-state index in [1.165, 1.54) is 6.33 Å². The third-order valence-electron chi connectivity index (χ3n) is 3.43. The number of carbonyl (C=O) groups is 1. The molecule has 1 heterocycles. The zero-order valence-corrected chi connectivity index (χ0v) is 13.6. The molecule has 24 heavy (non-hydrogen) atoms. The number of carbonyl (C=O) groups excluding carboxylic acids is 1. The molecule has 0 unspecified atom stereocenters. The average molecular weight is 318 g/mol. The number of anilines is 3. The van der Waals surface area contributed by atoms with Crippen molar-refractivity contribution in [3.63, 3.8) is 0 Å². The molecular weight excluding hydrogens is 300 g/mol. The van der Waals surface area contributed by atoms with Crippen molar-refractivity contribution in [2.75, 3.05) is 10.6 Å². The summed E-state index contributed by atoms with van der Waals surface area (Å²) >= 11 is 0. The summed E-state index contributed by atoms with van der Waals surface area (Å²) in [4.78, 5) is 20.5. The second kappa shape index (κ2) is 6.91. The van der Waals surface area contributed by atoms with Crippen LogP contribution < -0.4 is 10.6 Å². The number of aryl methyl sites for hydroxylation is 2. The van der Waals surface area contributed by atoms with Crippen molar-refractivity contribution < 1.29 is 4.79 Å². The number of hydrogen-bond donors (Lipinski definition) is 2. The van der Waals surface area contributed by atoms with Gasteiger partial charge in [-0.3, -0.25) is 4.79 Å². The lowest BCUT2D eigenvalue weighted by atomic mass is 10.1. The summed E-state index contributed by atoms with van der Waals surface area (Å²) in [6, 6.07) is 17.1. The maximum Gasteiger partial charge on any atom is 0.274 e. The lowest BCUT2D eigenvalue weighted by molar-refractivity contribution is 0.102. The van der Waals surface area contributed by atoms with E-state index >= 15 is 0 Å². The summed E-state index contributed by atoms with van der Waals surface area (Å²) in [5.74, 6) is 0.306. The van der Waals surface area contributed by atoms with Crippen LogP contribution in [0.4, 0.5) is 17.2 Å². The fourth-order valence-corrected chi connectivity index (χ4v) is 2.46. The van der Waals surface area contributed by atoms with Gasteiger partial charge in [-0.05, 0) is 49.2 Å².